The SMILES string of the molecule is CC1(C)c2ccccc2-c2ccc(-c3nc(-c4cccc(-c5cccc(-c6ccccc6)c5)c4)nc(-c4cccc(-c5ccc6c(c5)oc5cccc(-c7ccccc7)c56)c4)n3)cc21. The molecule has 0 N–H and O–H groups in total. The molecule has 2 heterocycles. The number of furan rings is 1. The van der Waals surface area contributed by atoms with Crippen molar-refractivity contribution in [2.75, 3.05) is 0 Å². The van der Waals surface area contributed by atoms with Crippen molar-refractivity contribution >= 4 is 21.9 Å². The molecule has 12 rings (SSSR count). The summed E-state index contributed by atoms with van der Waals surface area (Å²) in [6.45, 7) is 4.61. The second-order valence-electron chi connectivity index (χ2n) is 17.2. The highest BCUT2D eigenvalue weighted by Crippen LogP contribution is 2.49. The fraction of sp³-hybridized carbons (Fsp3) is 0.0500. The van der Waals surface area contributed by atoms with Crippen molar-refractivity contribution in [1.29, 1.82) is 0 Å². The second-order valence-corrected chi connectivity index (χ2v) is 17.2. The molecule has 0 atom stereocenters. The largest absolute Gasteiger partial charge is 0.456 e. The first kappa shape index (κ1) is 37.5. The number of rotatable bonds is 7. The van der Waals surface area contributed by atoms with Gasteiger partial charge >= 0.3 is 0 Å². The Morgan fingerprint density at radius 3 is 1.42 bits per heavy atom. The van der Waals surface area contributed by atoms with Crippen molar-refractivity contribution in [1.82, 2.24) is 15.0 Å². The summed E-state index contributed by atoms with van der Waals surface area (Å²) in [5.41, 5.74) is 18.5. The molecule has 0 radical (unpaired) electrons. The maximum absolute atomic E-state index is 6.53. The molecule has 0 saturated carbocycles. The smallest absolute Gasteiger partial charge is 0.164 e. The first-order valence-electron chi connectivity index (χ1n) is 21.8. The predicted octanol–water partition coefficient (Wildman–Crippen LogP) is 15.7. The van der Waals surface area contributed by atoms with Crippen LogP contribution in [0.3, 0.4) is 0 Å². The Bertz CT molecular complexity index is 3590. The van der Waals surface area contributed by atoms with E-state index in [-0.39, 0.29) is 5.41 Å². The fourth-order valence-electron chi connectivity index (χ4n) is 9.65. The third-order valence-electron chi connectivity index (χ3n) is 12.9. The highest BCUT2D eigenvalue weighted by Gasteiger charge is 2.35. The number of hydrogen-bond donors (Lipinski definition) is 0. The van der Waals surface area contributed by atoms with E-state index in [2.05, 4.69) is 220 Å². The van der Waals surface area contributed by atoms with E-state index in [1.807, 2.05) is 6.07 Å². The minimum absolute atomic E-state index is 0.165. The zero-order valence-corrected chi connectivity index (χ0v) is 35.5. The summed E-state index contributed by atoms with van der Waals surface area (Å²) in [7, 11) is 0. The van der Waals surface area contributed by atoms with Crippen LogP contribution >= 0.6 is 0 Å². The van der Waals surface area contributed by atoms with Crippen LogP contribution in [0, 0.1) is 0 Å². The van der Waals surface area contributed by atoms with Gasteiger partial charge < -0.3 is 4.42 Å². The zero-order valence-electron chi connectivity index (χ0n) is 35.5. The van der Waals surface area contributed by atoms with Gasteiger partial charge in [-0.25, -0.2) is 15.0 Å². The molecule has 0 unspecified atom stereocenters. The number of benzene rings is 9. The Balaban J connectivity index is 0.974. The molecule has 64 heavy (non-hydrogen) atoms. The third kappa shape index (κ3) is 6.42. The zero-order chi connectivity index (χ0) is 42.8. The molecule has 0 amide bonds. The first-order chi connectivity index (χ1) is 31.4. The van der Waals surface area contributed by atoms with Gasteiger partial charge in [0, 0.05) is 32.9 Å². The van der Waals surface area contributed by atoms with Crippen LogP contribution in [-0.2, 0) is 5.41 Å². The van der Waals surface area contributed by atoms with Crippen LogP contribution in [0.2, 0.25) is 0 Å². The van der Waals surface area contributed by atoms with E-state index in [0.717, 1.165) is 66.4 Å². The first-order valence-corrected chi connectivity index (χ1v) is 21.8. The second kappa shape index (κ2) is 15.0. The number of hydrogen-bond acceptors (Lipinski definition) is 4. The monoisotopic (exact) mass is 819 g/mol. The van der Waals surface area contributed by atoms with Crippen LogP contribution in [-0.4, -0.2) is 15.0 Å². The van der Waals surface area contributed by atoms with Crippen LogP contribution in [0.5, 0.6) is 0 Å². The lowest BCUT2D eigenvalue weighted by molar-refractivity contribution is 0.660. The van der Waals surface area contributed by atoms with E-state index < -0.39 is 0 Å². The van der Waals surface area contributed by atoms with Gasteiger partial charge in [0.25, 0.3) is 0 Å². The summed E-state index contributed by atoms with van der Waals surface area (Å²) in [6.07, 6.45) is 0. The lowest BCUT2D eigenvalue weighted by atomic mass is 9.82. The van der Waals surface area contributed by atoms with Crippen molar-refractivity contribution in [3.05, 3.63) is 223 Å². The van der Waals surface area contributed by atoms with E-state index in [1.54, 1.807) is 0 Å². The molecular formula is C60H41N3O. The van der Waals surface area contributed by atoms with Crippen LogP contribution in [0.15, 0.2) is 217 Å². The summed E-state index contributed by atoms with van der Waals surface area (Å²) >= 11 is 0. The van der Waals surface area contributed by atoms with Gasteiger partial charge in [-0.05, 0) is 109 Å². The number of aromatic nitrogens is 3. The molecule has 0 fully saturated rings. The molecule has 2 aromatic heterocycles. The molecule has 0 saturated heterocycles. The van der Waals surface area contributed by atoms with Crippen LogP contribution in [0.1, 0.15) is 25.0 Å². The molecule has 11 aromatic rings. The predicted molar refractivity (Wildman–Crippen MR) is 263 cm³/mol. The summed E-state index contributed by atoms with van der Waals surface area (Å²) in [4.78, 5) is 15.8. The van der Waals surface area contributed by atoms with Gasteiger partial charge in [-0.1, -0.05) is 184 Å². The Kier molecular flexibility index (Phi) is 8.80. The summed E-state index contributed by atoms with van der Waals surface area (Å²) < 4.78 is 6.53. The minimum atomic E-state index is -0.165. The van der Waals surface area contributed by atoms with Crippen molar-refractivity contribution in [3.63, 3.8) is 0 Å². The van der Waals surface area contributed by atoms with Gasteiger partial charge in [0.2, 0.25) is 0 Å². The molecule has 0 bridgehead atoms. The molecule has 9 aromatic carbocycles. The van der Waals surface area contributed by atoms with Crippen LogP contribution in [0.25, 0.3) is 112 Å². The third-order valence-corrected chi connectivity index (χ3v) is 12.9. The normalized spacial score (nSPS) is 12.7. The van der Waals surface area contributed by atoms with Gasteiger partial charge in [-0.15, -0.1) is 0 Å². The minimum Gasteiger partial charge on any atom is -0.456 e. The summed E-state index contributed by atoms with van der Waals surface area (Å²) in [5, 5.41) is 2.22. The van der Waals surface area contributed by atoms with Gasteiger partial charge in [-0.2, -0.15) is 0 Å². The summed E-state index contributed by atoms with van der Waals surface area (Å²) in [5.74, 6) is 1.86. The van der Waals surface area contributed by atoms with Crippen molar-refractivity contribution in [3.8, 4) is 89.8 Å². The average molecular weight is 820 g/mol. The molecule has 4 nitrogen and oxygen atoms in total. The van der Waals surface area contributed by atoms with Crippen LogP contribution in [0.4, 0.5) is 0 Å². The van der Waals surface area contributed by atoms with Gasteiger partial charge in [-0.3, -0.25) is 0 Å². The maximum atomic E-state index is 6.53. The van der Waals surface area contributed by atoms with Crippen molar-refractivity contribution in [2.24, 2.45) is 0 Å². The molecule has 302 valence electrons. The topological polar surface area (TPSA) is 51.8 Å². The highest BCUT2D eigenvalue weighted by molar-refractivity contribution is 6.13. The van der Waals surface area contributed by atoms with Gasteiger partial charge in [0.05, 0.1) is 0 Å². The lowest BCUT2D eigenvalue weighted by Gasteiger charge is -2.21. The quantitative estimate of drug-likeness (QED) is 0.161. The van der Waals surface area contributed by atoms with Crippen molar-refractivity contribution in [2.45, 2.75) is 19.3 Å². The van der Waals surface area contributed by atoms with E-state index in [4.69, 9.17) is 19.4 Å². The van der Waals surface area contributed by atoms with Gasteiger partial charge in [0.1, 0.15) is 11.2 Å². The standard InChI is InChI=1S/C60H41N3O/c1-60(2)52-27-10-9-25-49(52)50-31-30-47(36-53(50)60)59-62-57(45-23-12-21-42(34-45)41-20-11-19-40(33-41)38-15-5-3-6-16-38)61-58(63-59)46-24-13-22-43(35-46)44-29-32-51-55(37-44)64-54-28-14-26-48(56(51)54)39-17-7-4-8-18-39/h3-37H,1-2H3. The van der Waals surface area contributed by atoms with E-state index in [9.17, 15) is 0 Å². The maximum Gasteiger partial charge on any atom is 0.164 e. The molecular weight excluding hydrogens is 779 g/mol. The molecule has 1 aliphatic carbocycles. The Labute approximate surface area is 372 Å². The summed E-state index contributed by atoms with van der Waals surface area (Å²) in [6, 6.07) is 75.0. The lowest BCUT2D eigenvalue weighted by Crippen LogP contribution is -2.15. The van der Waals surface area contributed by atoms with Crippen molar-refractivity contribution < 1.29 is 4.42 Å². The molecule has 4 heteroatoms. The Morgan fingerprint density at radius 1 is 0.312 bits per heavy atom. The molecule has 0 aliphatic heterocycles. The average Bonchev–Trinajstić information content (AvgIpc) is 3.85. The Hall–Kier alpha value is -8.21. The molecule has 1 aliphatic rings. The highest BCUT2D eigenvalue weighted by atomic mass is 16.3. The molecule has 0 spiro atoms. The fourth-order valence-corrected chi connectivity index (χ4v) is 9.65. The van der Waals surface area contributed by atoms with Crippen LogP contribution < -0.4 is 0 Å². The number of fused-ring (bicyclic) bond motifs is 6. The number of nitrogens with zero attached hydrogens (tertiary/aromatic N) is 3. The van der Waals surface area contributed by atoms with E-state index in [0.29, 0.717) is 17.5 Å². The Morgan fingerprint density at radius 2 is 0.766 bits per heavy atom. The van der Waals surface area contributed by atoms with E-state index in [1.165, 1.54) is 38.9 Å². The van der Waals surface area contributed by atoms with Gasteiger partial charge in [0.15, 0.2) is 17.5 Å². The van der Waals surface area contributed by atoms with E-state index >= 15 is 0 Å².